The molecular formula is C24H24N8O10S2. The van der Waals surface area contributed by atoms with E-state index < -0.39 is 70.5 Å². The second-order valence-electron chi connectivity index (χ2n) is 9.89. The maximum atomic E-state index is 13.2. The van der Waals surface area contributed by atoms with Crippen LogP contribution in [-0.4, -0.2) is 88.6 Å². The Morgan fingerprint density at radius 2 is 2.00 bits per heavy atom. The number of β-lactam (4-membered cyclic amide) rings is 1. The number of aromatic nitrogens is 3. The van der Waals surface area contributed by atoms with Crippen molar-refractivity contribution in [3.05, 3.63) is 46.7 Å². The topological polar surface area (TPSA) is 284 Å². The van der Waals surface area contributed by atoms with E-state index in [1.165, 1.54) is 36.9 Å². The molecule has 0 bridgehead atoms. The van der Waals surface area contributed by atoms with Crippen LogP contribution in [0, 0.1) is 0 Å². The van der Waals surface area contributed by atoms with Gasteiger partial charge in [-0.25, -0.2) is 9.36 Å². The number of carbonyl (C=O) groups is 6. The number of nitrogen functional groups attached to an aromatic ring is 1. The summed E-state index contributed by atoms with van der Waals surface area (Å²) in [5.41, 5.74) is 8.44. The Morgan fingerprint density at radius 3 is 2.57 bits per heavy atom. The Kier molecular flexibility index (Phi) is 8.86. The third-order valence-electron chi connectivity index (χ3n) is 6.36. The lowest BCUT2D eigenvalue weighted by atomic mass is 10.0. The Balaban J connectivity index is 1.57. The molecule has 4 rings (SSSR count). The van der Waals surface area contributed by atoms with Crippen LogP contribution in [-0.2, 0) is 41.8 Å². The molecule has 1 saturated heterocycles. The number of hydrogen-bond donors (Lipinski definition) is 5. The molecule has 20 heteroatoms. The van der Waals surface area contributed by atoms with Crippen LogP contribution in [0.2, 0.25) is 0 Å². The highest BCUT2D eigenvalue weighted by Gasteiger charge is 2.53. The third-order valence-corrected chi connectivity index (χ3v) is 8.24. The van der Waals surface area contributed by atoms with Crippen molar-refractivity contribution in [3.63, 3.8) is 0 Å². The Morgan fingerprint density at radius 1 is 1.30 bits per heavy atom. The minimum Gasteiger partial charge on any atom is -0.543 e. The lowest BCUT2D eigenvalue weighted by molar-refractivity contribution is -0.689. The number of oxime groups is 1. The van der Waals surface area contributed by atoms with Crippen LogP contribution in [0.3, 0.4) is 0 Å². The zero-order valence-electron chi connectivity index (χ0n) is 22.9. The molecule has 2 aromatic rings. The predicted octanol–water partition coefficient (Wildman–Crippen LogP) is -3.18. The van der Waals surface area contributed by atoms with Crippen molar-refractivity contribution in [2.75, 3.05) is 11.5 Å². The van der Waals surface area contributed by atoms with Crippen LogP contribution < -0.4 is 26.5 Å². The molecule has 44 heavy (non-hydrogen) atoms. The number of carboxylic acids is 3. The second kappa shape index (κ2) is 12.2. The number of thioether (sulfide) groups is 1. The summed E-state index contributed by atoms with van der Waals surface area (Å²) in [7, 11) is 0. The Bertz CT molecular complexity index is 1650. The molecule has 0 spiro atoms. The number of anilines is 1. The number of aliphatic carboxylic acids is 3. The van der Waals surface area contributed by atoms with Gasteiger partial charge in [-0.05, 0) is 13.8 Å². The summed E-state index contributed by atoms with van der Waals surface area (Å²) < 4.78 is 5.33. The summed E-state index contributed by atoms with van der Waals surface area (Å²) >= 11 is 1.86. The first kappa shape index (κ1) is 31.8. The van der Waals surface area contributed by atoms with Crippen molar-refractivity contribution in [1.82, 2.24) is 19.6 Å². The van der Waals surface area contributed by atoms with E-state index in [0.717, 1.165) is 28.2 Å². The van der Waals surface area contributed by atoms with E-state index in [0.29, 0.717) is 0 Å². The van der Waals surface area contributed by atoms with E-state index in [1.54, 1.807) is 0 Å². The van der Waals surface area contributed by atoms with Gasteiger partial charge in [0, 0.05) is 34.5 Å². The number of hydrogen-bond acceptors (Lipinski definition) is 14. The van der Waals surface area contributed by atoms with E-state index in [9.17, 15) is 44.1 Å². The largest absolute Gasteiger partial charge is 0.543 e. The second-order valence-corrected chi connectivity index (χ2v) is 11.8. The molecule has 0 radical (unpaired) electrons. The number of nitrogens with zero attached hydrogens (tertiary/aromatic N) is 5. The number of fused-ring (bicyclic) bond motifs is 1. The van der Waals surface area contributed by atoms with Gasteiger partial charge in [-0.1, -0.05) is 5.16 Å². The molecule has 0 aromatic carbocycles. The molecule has 4 heterocycles. The summed E-state index contributed by atoms with van der Waals surface area (Å²) in [6, 6.07) is 0.0891. The van der Waals surface area contributed by atoms with Crippen molar-refractivity contribution in [3.8, 4) is 0 Å². The smallest absolute Gasteiger partial charge is 0.350 e. The number of pyridine rings is 1. The van der Waals surface area contributed by atoms with Crippen LogP contribution in [0.5, 0.6) is 0 Å². The SMILES string of the molecule is CC(C)(O/N=C(\C(=O)N[C@@H]1C(=O)N2C(C(=O)[O-])=C(C[n+]3ccc(C(N)=O)c(CC(=O)O)c3)CS[C@@H]12)c1nsc(N)n1)C(=O)O. The lowest BCUT2D eigenvalue weighted by Gasteiger charge is -2.50. The standard InChI is InChI=1S/C24H24N8O10S2/c1-24(2,22(40)41)42-29-13(17-28-23(26)44-30-17)18(36)27-14-19(37)32-15(21(38)39)10(8-43-20(14)32)7-31-4-3-11(16(25)35)9(6-31)5-12(33)34/h3-4,6,14,20H,5,7-8H2,1-2H3,(H7-,25,26,27,28,30,33,34,35,36,38,39,40,41)/b29-13-/t14-,20+/m1/s1. The Labute approximate surface area is 255 Å². The summed E-state index contributed by atoms with van der Waals surface area (Å²) in [6.07, 6.45) is 2.25. The lowest BCUT2D eigenvalue weighted by Crippen LogP contribution is -2.71. The summed E-state index contributed by atoms with van der Waals surface area (Å²) in [6.45, 7) is 2.28. The van der Waals surface area contributed by atoms with Gasteiger partial charge in [-0.2, -0.15) is 9.36 Å². The number of primary amides is 1. The van der Waals surface area contributed by atoms with Gasteiger partial charge in [0.15, 0.2) is 24.1 Å². The average molecular weight is 649 g/mol. The predicted molar refractivity (Wildman–Crippen MR) is 147 cm³/mol. The molecule has 18 nitrogen and oxygen atoms in total. The maximum absolute atomic E-state index is 13.2. The quantitative estimate of drug-likeness (QED) is 0.0657. The van der Waals surface area contributed by atoms with Crippen molar-refractivity contribution < 1.29 is 53.5 Å². The monoisotopic (exact) mass is 648 g/mol. The molecule has 2 atom stereocenters. The molecule has 2 aliphatic heterocycles. The van der Waals surface area contributed by atoms with E-state index >= 15 is 0 Å². The van der Waals surface area contributed by atoms with Gasteiger partial charge in [0.05, 0.1) is 23.7 Å². The normalized spacial score (nSPS) is 18.3. The van der Waals surface area contributed by atoms with Gasteiger partial charge < -0.3 is 41.7 Å². The summed E-state index contributed by atoms with van der Waals surface area (Å²) in [5.74, 6) is -7.10. The van der Waals surface area contributed by atoms with Gasteiger partial charge in [-0.15, -0.1) is 11.8 Å². The van der Waals surface area contributed by atoms with Gasteiger partial charge in [0.1, 0.15) is 11.4 Å². The van der Waals surface area contributed by atoms with Crippen molar-refractivity contribution in [2.24, 2.45) is 10.9 Å². The van der Waals surface area contributed by atoms with Crippen LogP contribution >= 0.6 is 23.3 Å². The first-order chi connectivity index (χ1) is 20.6. The highest BCUT2D eigenvalue weighted by atomic mass is 32.2. The minimum atomic E-state index is -1.84. The Hall–Kier alpha value is -5.11. The zero-order valence-corrected chi connectivity index (χ0v) is 24.5. The number of rotatable bonds is 12. The van der Waals surface area contributed by atoms with Crippen molar-refractivity contribution in [1.29, 1.82) is 0 Å². The number of nitrogens with one attached hydrogen (secondary N) is 1. The maximum Gasteiger partial charge on any atom is 0.350 e. The van der Waals surface area contributed by atoms with Crippen LogP contribution in [0.4, 0.5) is 5.13 Å². The first-order valence-corrected chi connectivity index (χ1v) is 14.2. The molecule has 2 aliphatic rings. The molecular weight excluding hydrogens is 624 g/mol. The van der Waals surface area contributed by atoms with Crippen molar-refractivity contribution in [2.45, 2.75) is 43.8 Å². The van der Waals surface area contributed by atoms with E-state index in [-0.39, 0.29) is 40.0 Å². The molecule has 0 saturated carbocycles. The van der Waals surface area contributed by atoms with E-state index in [1.807, 2.05) is 0 Å². The van der Waals surface area contributed by atoms with Crippen molar-refractivity contribution >= 4 is 69.8 Å². The minimum absolute atomic E-state index is 0.0114. The summed E-state index contributed by atoms with van der Waals surface area (Å²) in [5, 5.41) is 35.8. The average Bonchev–Trinajstić information content (AvgIpc) is 3.36. The fourth-order valence-corrected chi connectivity index (χ4v) is 5.94. The zero-order chi connectivity index (χ0) is 32.5. The van der Waals surface area contributed by atoms with Gasteiger partial charge in [0.2, 0.25) is 23.0 Å². The number of nitrogens with two attached hydrogens (primary N) is 2. The number of carbonyl (C=O) groups excluding carboxylic acids is 4. The molecule has 232 valence electrons. The van der Waals surface area contributed by atoms with Crippen LogP contribution in [0.1, 0.15) is 35.6 Å². The number of carboxylic acid groups (broad SMARTS) is 3. The van der Waals surface area contributed by atoms with E-state index in [4.69, 9.17) is 16.3 Å². The van der Waals surface area contributed by atoms with Crippen LogP contribution in [0.15, 0.2) is 34.9 Å². The fraction of sp³-hybridized carbons (Fsp3) is 0.333. The van der Waals surface area contributed by atoms with Gasteiger partial charge in [0.25, 0.3) is 11.8 Å². The van der Waals surface area contributed by atoms with Gasteiger partial charge in [-0.3, -0.25) is 24.1 Å². The molecule has 0 aliphatic carbocycles. The molecule has 2 aromatic heterocycles. The fourth-order valence-electron chi connectivity index (χ4n) is 4.17. The highest BCUT2D eigenvalue weighted by molar-refractivity contribution is 8.00. The molecule has 0 unspecified atom stereocenters. The number of amides is 3. The molecule has 1 fully saturated rings. The summed E-state index contributed by atoms with van der Waals surface area (Å²) in [4.78, 5) is 82.8. The van der Waals surface area contributed by atoms with E-state index in [2.05, 4.69) is 19.8 Å². The van der Waals surface area contributed by atoms with Gasteiger partial charge >= 0.3 is 11.9 Å². The molecule has 7 N–H and O–H groups in total. The third kappa shape index (κ3) is 6.44. The molecule has 3 amide bonds. The highest BCUT2D eigenvalue weighted by Crippen LogP contribution is 2.40. The first-order valence-electron chi connectivity index (χ1n) is 12.4. The van der Waals surface area contributed by atoms with Crippen LogP contribution in [0.25, 0.3) is 0 Å².